The molecule has 0 fully saturated rings. The van der Waals surface area contributed by atoms with Gasteiger partial charge in [-0.1, -0.05) is 13.8 Å². The van der Waals surface area contributed by atoms with Crippen molar-refractivity contribution < 1.29 is 5.11 Å². The molecule has 1 atom stereocenters. The van der Waals surface area contributed by atoms with Crippen LogP contribution < -0.4 is 5.32 Å². The van der Waals surface area contributed by atoms with E-state index in [0.717, 1.165) is 23.7 Å². The Morgan fingerprint density at radius 2 is 2.38 bits per heavy atom. The topological polar surface area (TPSA) is 45.1 Å². The Morgan fingerprint density at radius 3 is 2.92 bits per heavy atom. The van der Waals surface area contributed by atoms with E-state index in [1.807, 2.05) is 12.3 Å². The van der Waals surface area contributed by atoms with Crippen molar-refractivity contribution in [2.24, 2.45) is 0 Å². The van der Waals surface area contributed by atoms with Crippen LogP contribution >= 0.6 is 11.3 Å². The second kappa shape index (κ2) is 5.19. The SMILES string of the molecule is CCc1csc(NCC(O)CC)n1. The first-order chi connectivity index (χ1) is 6.26. The highest BCUT2D eigenvalue weighted by molar-refractivity contribution is 7.13. The van der Waals surface area contributed by atoms with Crippen LogP contribution in [-0.4, -0.2) is 22.7 Å². The molecule has 0 amide bonds. The number of anilines is 1. The standard InChI is InChI=1S/C9H16N2OS/c1-3-7-6-13-9(11-7)10-5-8(12)4-2/h6,8,12H,3-5H2,1-2H3,(H,10,11). The maximum Gasteiger partial charge on any atom is 0.182 e. The number of aromatic nitrogens is 1. The zero-order chi connectivity index (χ0) is 9.68. The predicted molar refractivity (Wildman–Crippen MR) is 56.3 cm³/mol. The normalized spacial score (nSPS) is 12.8. The van der Waals surface area contributed by atoms with Crippen LogP contribution in [0.3, 0.4) is 0 Å². The first-order valence-corrected chi connectivity index (χ1v) is 5.50. The molecule has 74 valence electrons. The Kier molecular flexibility index (Phi) is 4.18. The maximum absolute atomic E-state index is 9.30. The summed E-state index contributed by atoms with van der Waals surface area (Å²) >= 11 is 1.59. The van der Waals surface area contributed by atoms with Gasteiger partial charge in [0, 0.05) is 11.9 Å². The first-order valence-electron chi connectivity index (χ1n) is 4.62. The highest BCUT2D eigenvalue weighted by atomic mass is 32.1. The van der Waals surface area contributed by atoms with E-state index in [0.29, 0.717) is 6.54 Å². The summed E-state index contributed by atoms with van der Waals surface area (Å²) in [5.74, 6) is 0. The van der Waals surface area contributed by atoms with Crippen molar-refractivity contribution in [1.82, 2.24) is 4.98 Å². The second-order valence-corrected chi connectivity index (χ2v) is 3.80. The van der Waals surface area contributed by atoms with E-state index >= 15 is 0 Å². The third-order valence-electron chi connectivity index (χ3n) is 1.87. The zero-order valence-electron chi connectivity index (χ0n) is 8.08. The van der Waals surface area contributed by atoms with E-state index in [1.165, 1.54) is 0 Å². The number of aliphatic hydroxyl groups excluding tert-OH is 1. The molecule has 1 aromatic heterocycles. The van der Waals surface area contributed by atoms with Crippen LogP contribution in [0.4, 0.5) is 5.13 Å². The average Bonchev–Trinajstić information content (AvgIpc) is 2.61. The van der Waals surface area contributed by atoms with Crippen LogP contribution in [0.5, 0.6) is 0 Å². The third-order valence-corrected chi connectivity index (χ3v) is 2.72. The van der Waals surface area contributed by atoms with Gasteiger partial charge in [-0.3, -0.25) is 0 Å². The van der Waals surface area contributed by atoms with Gasteiger partial charge in [0.05, 0.1) is 11.8 Å². The van der Waals surface area contributed by atoms with E-state index in [1.54, 1.807) is 11.3 Å². The van der Waals surface area contributed by atoms with Gasteiger partial charge in [-0.25, -0.2) is 4.98 Å². The lowest BCUT2D eigenvalue weighted by atomic mass is 10.3. The monoisotopic (exact) mass is 200 g/mol. The van der Waals surface area contributed by atoms with E-state index in [9.17, 15) is 5.11 Å². The van der Waals surface area contributed by atoms with Crippen LogP contribution in [0, 0.1) is 0 Å². The summed E-state index contributed by atoms with van der Waals surface area (Å²) < 4.78 is 0. The van der Waals surface area contributed by atoms with E-state index in [-0.39, 0.29) is 6.10 Å². The van der Waals surface area contributed by atoms with Crippen LogP contribution in [0.15, 0.2) is 5.38 Å². The molecule has 1 rings (SSSR count). The number of rotatable bonds is 5. The van der Waals surface area contributed by atoms with Gasteiger partial charge in [0.25, 0.3) is 0 Å². The van der Waals surface area contributed by atoms with Crippen LogP contribution in [0.2, 0.25) is 0 Å². The van der Waals surface area contributed by atoms with Crippen LogP contribution in [0.25, 0.3) is 0 Å². The van der Waals surface area contributed by atoms with Gasteiger partial charge in [0.1, 0.15) is 0 Å². The van der Waals surface area contributed by atoms with Crippen molar-refractivity contribution in [3.05, 3.63) is 11.1 Å². The van der Waals surface area contributed by atoms with E-state index in [4.69, 9.17) is 0 Å². The molecule has 3 nitrogen and oxygen atoms in total. The Morgan fingerprint density at radius 1 is 1.62 bits per heavy atom. The maximum atomic E-state index is 9.30. The molecular weight excluding hydrogens is 184 g/mol. The average molecular weight is 200 g/mol. The lowest BCUT2D eigenvalue weighted by Crippen LogP contribution is -2.17. The number of aryl methyl sites for hydroxylation is 1. The molecule has 0 spiro atoms. The van der Waals surface area contributed by atoms with E-state index in [2.05, 4.69) is 17.2 Å². The van der Waals surface area contributed by atoms with Crippen molar-refractivity contribution in [2.75, 3.05) is 11.9 Å². The molecule has 2 N–H and O–H groups in total. The molecule has 0 saturated carbocycles. The van der Waals surface area contributed by atoms with Gasteiger partial charge in [-0.2, -0.15) is 0 Å². The van der Waals surface area contributed by atoms with Crippen molar-refractivity contribution in [1.29, 1.82) is 0 Å². The number of thiazole rings is 1. The summed E-state index contributed by atoms with van der Waals surface area (Å²) in [4.78, 5) is 4.33. The fourth-order valence-electron chi connectivity index (χ4n) is 0.900. The zero-order valence-corrected chi connectivity index (χ0v) is 8.90. The first kappa shape index (κ1) is 10.5. The molecule has 0 radical (unpaired) electrons. The summed E-state index contributed by atoms with van der Waals surface area (Å²) in [6.45, 7) is 4.64. The van der Waals surface area contributed by atoms with Crippen molar-refractivity contribution >= 4 is 16.5 Å². The van der Waals surface area contributed by atoms with Gasteiger partial charge in [0.15, 0.2) is 5.13 Å². The molecule has 1 unspecified atom stereocenters. The molecular formula is C9H16N2OS. The largest absolute Gasteiger partial charge is 0.391 e. The number of nitrogens with one attached hydrogen (secondary N) is 1. The summed E-state index contributed by atoms with van der Waals surface area (Å²) in [6.07, 6.45) is 1.47. The molecule has 0 bridgehead atoms. The van der Waals surface area contributed by atoms with Crippen molar-refractivity contribution in [2.45, 2.75) is 32.8 Å². The number of hydrogen-bond acceptors (Lipinski definition) is 4. The molecule has 0 aromatic carbocycles. The summed E-state index contributed by atoms with van der Waals surface area (Å²) in [5.41, 5.74) is 1.11. The minimum atomic E-state index is -0.269. The molecule has 13 heavy (non-hydrogen) atoms. The van der Waals surface area contributed by atoms with Gasteiger partial charge in [-0.05, 0) is 12.8 Å². The lowest BCUT2D eigenvalue weighted by molar-refractivity contribution is 0.183. The molecule has 0 aliphatic rings. The highest BCUT2D eigenvalue weighted by Crippen LogP contribution is 2.15. The minimum absolute atomic E-state index is 0.269. The van der Waals surface area contributed by atoms with Gasteiger partial charge in [-0.15, -0.1) is 11.3 Å². The second-order valence-electron chi connectivity index (χ2n) is 2.94. The number of nitrogens with zero attached hydrogens (tertiary/aromatic N) is 1. The summed E-state index contributed by atoms with van der Waals surface area (Å²) in [7, 11) is 0. The highest BCUT2D eigenvalue weighted by Gasteiger charge is 2.02. The molecule has 1 heterocycles. The van der Waals surface area contributed by atoms with Gasteiger partial charge in [0.2, 0.25) is 0 Å². The Hall–Kier alpha value is -0.610. The smallest absolute Gasteiger partial charge is 0.182 e. The number of aliphatic hydroxyl groups is 1. The summed E-state index contributed by atoms with van der Waals surface area (Å²) in [6, 6.07) is 0. The predicted octanol–water partition coefficient (Wildman–Crippen LogP) is 1.89. The van der Waals surface area contributed by atoms with Crippen LogP contribution in [0.1, 0.15) is 26.0 Å². The quantitative estimate of drug-likeness (QED) is 0.763. The van der Waals surface area contributed by atoms with Crippen LogP contribution in [-0.2, 0) is 6.42 Å². The van der Waals surface area contributed by atoms with E-state index < -0.39 is 0 Å². The Labute approximate surface area is 82.8 Å². The molecule has 4 heteroatoms. The van der Waals surface area contributed by atoms with Gasteiger partial charge >= 0.3 is 0 Å². The Bertz CT molecular complexity index is 250. The molecule has 0 aliphatic carbocycles. The molecule has 1 aromatic rings. The third kappa shape index (κ3) is 3.32. The lowest BCUT2D eigenvalue weighted by Gasteiger charge is -2.07. The molecule has 0 aliphatic heterocycles. The fourth-order valence-corrected chi connectivity index (χ4v) is 1.70. The number of hydrogen-bond donors (Lipinski definition) is 2. The molecule has 0 saturated heterocycles. The fraction of sp³-hybridized carbons (Fsp3) is 0.667. The Balaban J connectivity index is 2.36. The minimum Gasteiger partial charge on any atom is -0.391 e. The summed E-state index contributed by atoms with van der Waals surface area (Å²) in [5, 5.41) is 15.4. The van der Waals surface area contributed by atoms with Crippen molar-refractivity contribution in [3.63, 3.8) is 0 Å². The van der Waals surface area contributed by atoms with Gasteiger partial charge < -0.3 is 10.4 Å². The van der Waals surface area contributed by atoms with Crippen molar-refractivity contribution in [3.8, 4) is 0 Å².